The number of benzene rings is 2. The Balaban J connectivity index is 1.38. The molecule has 3 aromatic heterocycles. The summed E-state index contributed by atoms with van der Waals surface area (Å²) in [6.07, 6.45) is 0. The van der Waals surface area contributed by atoms with Crippen LogP contribution >= 0.6 is 34.4 Å². The van der Waals surface area contributed by atoms with Crippen molar-refractivity contribution < 1.29 is 4.79 Å². The smallest absolute Gasteiger partial charge is 0.239 e. The van der Waals surface area contributed by atoms with Gasteiger partial charge in [0.2, 0.25) is 10.9 Å². The molecule has 134 valence electrons. The number of carbonyl (C=O) groups excluding carboxylic acids is 1. The molecule has 2 aromatic carbocycles. The second-order valence-electron chi connectivity index (χ2n) is 5.91. The molecule has 0 aliphatic carbocycles. The molecule has 1 N–H and O–H groups in total. The van der Waals surface area contributed by atoms with Gasteiger partial charge in [0.15, 0.2) is 10.3 Å². The summed E-state index contributed by atoms with van der Waals surface area (Å²) < 4.78 is 4.21. The molecule has 0 radical (unpaired) electrons. The van der Waals surface area contributed by atoms with Crippen LogP contribution in [0.5, 0.6) is 0 Å². The Kier molecular flexibility index (Phi) is 4.07. The van der Waals surface area contributed by atoms with Gasteiger partial charge in [0.1, 0.15) is 0 Å². The highest BCUT2D eigenvalue weighted by atomic mass is 32.2. The first-order valence-corrected chi connectivity index (χ1v) is 10.8. The van der Waals surface area contributed by atoms with Crippen molar-refractivity contribution in [2.75, 3.05) is 5.32 Å². The van der Waals surface area contributed by atoms with Crippen LogP contribution in [0.1, 0.15) is 6.92 Å². The zero-order chi connectivity index (χ0) is 18.4. The number of nitrogens with zero attached hydrogens (tertiary/aromatic N) is 4. The average molecular weight is 412 g/mol. The Labute approximate surface area is 166 Å². The van der Waals surface area contributed by atoms with Gasteiger partial charge in [0.05, 0.1) is 25.7 Å². The Hall–Kier alpha value is -2.49. The van der Waals surface area contributed by atoms with Crippen LogP contribution in [0.2, 0.25) is 0 Å². The van der Waals surface area contributed by atoms with Gasteiger partial charge in [-0.05, 0) is 31.2 Å². The first-order chi connectivity index (χ1) is 13.2. The van der Waals surface area contributed by atoms with Gasteiger partial charge in [0.25, 0.3) is 0 Å². The molecule has 0 aliphatic rings. The summed E-state index contributed by atoms with van der Waals surface area (Å²) in [5.74, 6) is -0.102. The van der Waals surface area contributed by atoms with E-state index in [1.165, 1.54) is 23.1 Å². The molecule has 0 spiro atoms. The maximum atomic E-state index is 12.6. The van der Waals surface area contributed by atoms with E-state index in [1.807, 2.05) is 53.8 Å². The summed E-state index contributed by atoms with van der Waals surface area (Å²) in [5.41, 5.74) is 1.95. The van der Waals surface area contributed by atoms with Crippen LogP contribution in [-0.2, 0) is 4.79 Å². The molecule has 1 amide bonds. The number of hydrogen-bond acceptors (Lipinski definition) is 7. The molecule has 0 aliphatic heterocycles. The van der Waals surface area contributed by atoms with Gasteiger partial charge in [-0.1, -0.05) is 58.7 Å². The Morgan fingerprint density at radius 3 is 2.70 bits per heavy atom. The van der Waals surface area contributed by atoms with Crippen LogP contribution < -0.4 is 5.32 Å². The molecule has 5 aromatic rings. The van der Waals surface area contributed by atoms with Crippen LogP contribution in [0, 0.1) is 0 Å². The Morgan fingerprint density at radius 2 is 1.85 bits per heavy atom. The molecule has 6 nitrogen and oxygen atoms in total. The number of thioether (sulfide) groups is 1. The van der Waals surface area contributed by atoms with Crippen molar-refractivity contribution in [2.24, 2.45) is 0 Å². The van der Waals surface area contributed by atoms with Crippen LogP contribution in [0.4, 0.5) is 5.13 Å². The number of rotatable bonds is 4. The number of aromatic nitrogens is 4. The molecule has 9 heteroatoms. The molecule has 0 bridgehead atoms. The number of fused-ring (bicyclic) bond motifs is 4. The predicted molar refractivity (Wildman–Crippen MR) is 112 cm³/mol. The van der Waals surface area contributed by atoms with Crippen molar-refractivity contribution in [3.05, 3.63) is 48.5 Å². The van der Waals surface area contributed by atoms with Gasteiger partial charge in [0, 0.05) is 0 Å². The summed E-state index contributed by atoms with van der Waals surface area (Å²) in [6, 6.07) is 15.9. The Bertz CT molecular complexity index is 1260. The van der Waals surface area contributed by atoms with Crippen molar-refractivity contribution in [1.82, 2.24) is 19.6 Å². The second-order valence-corrected chi connectivity index (χ2v) is 9.25. The molecule has 1 unspecified atom stereocenters. The number of hydrogen-bond donors (Lipinski definition) is 1. The number of para-hydroxylation sites is 2. The second kappa shape index (κ2) is 6.59. The van der Waals surface area contributed by atoms with Crippen molar-refractivity contribution in [3.63, 3.8) is 0 Å². The van der Waals surface area contributed by atoms with Crippen LogP contribution in [-0.4, -0.2) is 30.7 Å². The highest BCUT2D eigenvalue weighted by Gasteiger charge is 2.21. The first kappa shape index (κ1) is 16.7. The molecular formula is C18H13N5OS3. The molecule has 0 fully saturated rings. The van der Waals surface area contributed by atoms with E-state index < -0.39 is 0 Å². The largest absolute Gasteiger partial charge is 0.301 e. The lowest BCUT2D eigenvalue weighted by molar-refractivity contribution is -0.115. The summed E-state index contributed by atoms with van der Waals surface area (Å²) in [4.78, 5) is 17.9. The van der Waals surface area contributed by atoms with E-state index >= 15 is 0 Å². The zero-order valence-corrected chi connectivity index (χ0v) is 16.6. The van der Waals surface area contributed by atoms with Gasteiger partial charge >= 0.3 is 0 Å². The molecular weight excluding hydrogens is 398 g/mol. The average Bonchev–Trinajstić information content (AvgIpc) is 3.35. The van der Waals surface area contributed by atoms with E-state index in [0.29, 0.717) is 5.13 Å². The minimum absolute atomic E-state index is 0.102. The first-order valence-electron chi connectivity index (χ1n) is 8.25. The van der Waals surface area contributed by atoms with Gasteiger partial charge in [-0.25, -0.2) is 4.98 Å². The lowest BCUT2D eigenvalue weighted by atomic mass is 10.3. The third-order valence-electron chi connectivity index (χ3n) is 4.09. The number of carbonyl (C=O) groups is 1. The fourth-order valence-corrected chi connectivity index (χ4v) is 5.53. The van der Waals surface area contributed by atoms with E-state index in [2.05, 4.69) is 26.6 Å². The fourth-order valence-electron chi connectivity index (χ4n) is 2.78. The molecule has 0 saturated heterocycles. The third kappa shape index (κ3) is 2.97. The Morgan fingerprint density at radius 1 is 1.07 bits per heavy atom. The maximum Gasteiger partial charge on any atom is 0.239 e. The monoisotopic (exact) mass is 411 g/mol. The third-order valence-corrected chi connectivity index (χ3v) is 7.09. The van der Waals surface area contributed by atoms with Crippen molar-refractivity contribution in [1.29, 1.82) is 0 Å². The number of anilines is 1. The predicted octanol–water partition coefficient (Wildman–Crippen LogP) is 4.67. The van der Waals surface area contributed by atoms with Gasteiger partial charge in [-0.15, -0.1) is 10.2 Å². The van der Waals surface area contributed by atoms with Crippen molar-refractivity contribution >= 4 is 70.9 Å². The fraction of sp³-hybridized carbons (Fsp3) is 0.111. The standard InChI is InChI=1S/C18H13N5OS3/c1-10(15(24)20-16-19-11-6-2-4-8-13(11)26-16)25-17-21-22-18-23(17)12-7-3-5-9-14(12)27-18/h2-10H,1H3,(H,19,20,24). The molecule has 27 heavy (non-hydrogen) atoms. The van der Waals surface area contributed by atoms with Crippen molar-refractivity contribution in [3.8, 4) is 0 Å². The summed E-state index contributed by atoms with van der Waals surface area (Å²) in [6.45, 7) is 1.86. The molecule has 0 saturated carbocycles. The molecule has 1 atom stereocenters. The quantitative estimate of drug-likeness (QED) is 0.435. The van der Waals surface area contributed by atoms with Gasteiger partial charge in [-0.2, -0.15) is 0 Å². The summed E-state index contributed by atoms with van der Waals surface area (Å²) >= 11 is 4.46. The normalized spacial score (nSPS) is 12.8. The van der Waals surface area contributed by atoms with Gasteiger partial charge < -0.3 is 5.32 Å². The topological polar surface area (TPSA) is 72.2 Å². The van der Waals surface area contributed by atoms with E-state index in [9.17, 15) is 4.79 Å². The SMILES string of the molecule is CC(Sc1nnc2sc3ccccc3n12)C(=O)Nc1nc2ccccc2s1. The van der Waals surface area contributed by atoms with Crippen LogP contribution in [0.3, 0.4) is 0 Å². The highest BCUT2D eigenvalue weighted by Crippen LogP contribution is 2.32. The molecule has 5 rings (SSSR count). The lowest BCUT2D eigenvalue weighted by Gasteiger charge is -2.08. The van der Waals surface area contributed by atoms with E-state index in [-0.39, 0.29) is 11.2 Å². The number of thiazole rings is 2. The lowest BCUT2D eigenvalue weighted by Crippen LogP contribution is -2.22. The highest BCUT2D eigenvalue weighted by molar-refractivity contribution is 8.00. The zero-order valence-electron chi connectivity index (χ0n) is 14.1. The number of nitrogens with one attached hydrogen (secondary N) is 1. The van der Waals surface area contributed by atoms with Crippen molar-refractivity contribution in [2.45, 2.75) is 17.3 Å². The van der Waals surface area contributed by atoms with Crippen LogP contribution in [0.15, 0.2) is 53.7 Å². The van der Waals surface area contributed by atoms with E-state index in [0.717, 1.165) is 30.6 Å². The minimum Gasteiger partial charge on any atom is -0.301 e. The summed E-state index contributed by atoms with van der Waals surface area (Å²) in [7, 11) is 0. The van der Waals surface area contributed by atoms with Crippen LogP contribution in [0.25, 0.3) is 25.4 Å². The van der Waals surface area contributed by atoms with E-state index in [1.54, 1.807) is 11.3 Å². The van der Waals surface area contributed by atoms with Gasteiger partial charge in [-0.3, -0.25) is 9.20 Å². The minimum atomic E-state index is -0.330. The molecule has 3 heterocycles. The number of amides is 1. The van der Waals surface area contributed by atoms with E-state index in [4.69, 9.17) is 0 Å². The maximum absolute atomic E-state index is 12.6. The summed E-state index contributed by atoms with van der Waals surface area (Å²) in [5, 5.41) is 12.4.